The number of guanidine groups is 1. The molecule has 0 saturated heterocycles. The minimum absolute atomic E-state index is 0.191. The molecule has 0 spiro atoms. The maximum Gasteiger partial charge on any atom is 0.250 e. The van der Waals surface area contributed by atoms with Gasteiger partial charge in [0.15, 0.2) is 5.96 Å². The lowest BCUT2D eigenvalue weighted by molar-refractivity contribution is 0.358. The fourth-order valence-electron chi connectivity index (χ4n) is 2.22. The van der Waals surface area contributed by atoms with E-state index in [1.54, 1.807) is 19.2 Å². The van der Waals surface area contributed by atoms with Crippen molar-refractivity contribution in [3.63, 3.8) is 0 Å². The van der Waals surface area contributed by atoms with Gasteiger partial charge < -0.3 is 15.4 Å². The van der Waals surface area contributed by atoms with Gasteiger partial charge in [0.05, 0.1) is 4.34 Å². The van der Waals surface area contributed by atoms with E-state index in [1.807, 2.05) is 24.3 Å². The molecular weight excluding hydrogens is 420 g/mol. The molecule has 0 unspecified atom stereocenters. The van der Waals surface area contributed by atoms with E-state index < -0.39 is 10.0 Å². The molecule has 3 N–H and O–H groups in total. The highest BCUT2D eigenvalue weighted by atomic mass is 35.5. The van der Waals surface area contributed by atoms with E-state index in [4.69, 9.17) is 16.3 Å². The van der Waals surface area contributed by atoms with Crippen molar-refractivity contribution in [1.29, 1.82) is 0 Å². The second kappa shape index (κ2) is 11.1. The first kappa shape index (κ1) is 22.2. The summed E-state index contributed by atoms with van der Waals surface area (Å²) >= 11 is 6.81. The van der Waals surface area contributed by atoms with Gasteiger partial charge in [-0.15, -0.1) is 11.3 Å². The predicted octanol–water partition coefficient (Wildman–Crippen LogP) is 2.61. The maximum atomic E-state index is 12.1. The van der Waals surface area contributed by atoms with Crippen LogP contribution in [-0.2, 0) is 16.6 Å². The first-order valence-corrected chi connectivity index (χ1v) is 11.1. The Morgan fingerprint density at radius 2 is 2.04 bits per heavy atom. The zero-order chi connectivity index (χ0) is 20.4. The first-order valence-electron chi connectivity index (χ1n) is 8.47. The molecule has 152 valence electrons. The number of nitrogens with zero attached hydrogens (tertiary/aromatic N) is 1. The van der Waals surface area contributed by atoms with E-state index in [0.717, 1.165) is 22.6 Å². The van der Waals surface area contributed by atoms with Crippen LogP contribution in [0.1, 0.15) is 5.56 Å². The predicted molar refractivity (Wildman–Crippen MR) is 115 cm³/mol. The third-order valence-electron chi connectivity index (χ3n) is 3.52. The van der Waals surface area contributed by atoms with Gasteiger partial charge >= 0.3 is 0 Å². The first-order chi connectivity index (χ1) is 13.5. The Morgan fingerprint density at radius 1 is 1.25 bits per heavy atom. The van der Waals surface area contributed by atoms with Crippen molar-refractivity contribution in [2.24, 2.45) is 4.99 Å². The average Bonchev–Trinajstić information content (AvgIpc) is 3.14. The number of hydrogen-bond acceptors (Lipinski definition) is 5. The second-order valence-electron chi connectivity index (χ2n) is 5.52. The number of thiophene rings is 1. The van der Waals surface area contributed by atoms with E-state index in [-0.39, 0.29) is 10.8 Å². The summed E-state index contributed by atoms with van der Waals surface area (Å²) in [6.45, 7) is 5.16. The number of rotatable bonds is 10. The Hall–Kier alpha value is -2.07. The number of nitrogens with one attached hydrogen (secondary N) is 3. The summed E-state index contributed by atoms with van der Waals surface area (Å²) in [6, 6.07) is 10.7. The molecule has 0 fully saturated rings. The number of para-hydroxylation sites is 1. The monoisotopic (exact) mass is 442 g/mol. The molecule has 1 heterocycles. The molecule has 0 radical (unpaired) electrons. The quantitative estimate of drug-likeness (QED) is 0.228. The molecule has 0 atom stereocenters. The molecule has 1 aromatic heterocycles. The average molecular weight is 443 g/mol. The molecule has 2 aromatic rings. The smallest absolute Gasteiger partial charge is 0.250 e. The van der Waals surface area contributed by atoms with Crippen LogP contribution in [0.5, 0.6) is 5.75 Å². The van der Waals surface area contributed by atoms with Crippen molar-refractivity contribution in [1.82, 2.24) is 15.4 Å². The maximum absolute atomic E-state index is 12.1. The van der Waals surface area contributed by atoms with Gasteiger partial charge in [0.25, 0.3) is 0 Å². The number of hydrogen-bond donors (Lipinski definition) is 3. The summed E-state index contributed by atoms with van der Waals surface area (Å²) in [5.74, 6) is 1.32. The van der Waals surface area contributed by atoms with Crippen LogP contribution in [0.2, 0.25) is 4.34 Å². The van der Waals surface area contributed by atoms with E-state index in [9.17, 15) is 8.42 Å². The Labute approximate surface area is 174 Å². The van der Waals surface area contributed by atoms with Gasteiger partial charge in [0.1, 0.15) is 16.6 Å². The van der Waals surface area contributed by atoms with Crippen LogP contribution in [0.15, 0.2) is 58.3 Å². The zero-order valence-corrected chi connectivity index (χ0v) is 17.8. The molecular formula is C18H23ClN4O3S2. The van der Waals surface area contributed by atoms with E-state index in [1.165, 1.54) is 6.07 Å². The normalized spacial score (nSPS) is 11.9. The van der Waals surface area contributed by atoms with Gasteiger partial charge in [-0.3, -0.25) is 4.99 Å². The SMILES string of the molecule is C=CCOc1ccccc1CNC(=NC)NCCNS(=O)(=O)c1ccc(Cl)s1. The van der Waals surface area contributed by atoms with Crippen molar-refractivity contribution in [3.8, 4) is 5.75 Å². The molecule has 7 nitrogen and oxygen atoms in total. The Balaban J connectivity index is 1.80. The molecule has 0 saturated carbocycles. The van der Waals surface area contributed by atoms with Crippen LogP contribution in [-0.4, -0.2) is 41.1 Å². The van der Waals surface area contributed by atoms with Crippen LogP contribution < -0.4 is 20.1 Å². The molecule has 0 amide bonds. The van der Waals surface area contributed by atoms with Crippen molar-refractivity contribution in [2.75, 3.05) is 26.7 Å². The highest BCUT2D eigenvalue weighted by Crippen LogP contribution is 2.25. The number of benzene rings is 1. The Morgan fingerprint density at radius 3 is 2.71 bits per heavy atom. The third-order valence-corrected chi connectivity index (χ3v) is 6.71. The molecule has 28 heavy (non-hydrogen) atoms. The number of aliphatic imine (C=N–C) groups is 1. The second-order valence-corrected chi connectivity index (χ2v) is 9.23. The van der Waals surface area contributed by atoms with Crippen molar-refractivity contribution in [2.45, 2.75) is 10.8 Å². The van der Waals surface area contributed by atoms with Crippen molar-refractivity contribution in [3.05, 3.63) is 59.0 Å². The summed E-state index contributed by atoms with van der Waals surface area (Å²) in [4.78, 5) is 4.14. The summed E-state index contributed by atoms with van der Waals surface area (Å²) in [6.07, 6.45) is 1.69. The molecule has 10 heteroatoms. The van der Waals surface area contributed by atoms with E-state index in [2.05, 4.69) is 26.9 Å². The van der Waals surface area contributed by atoms with Crippen molar-refractivity contribution >= 4 is 38.9 Å². The van der Waals surface area contributed by atoms with Gasteiger partial charge in [-0.2, -0.15) is 0 Å². The third kappa shape index (κ3) is 6.83. The Bertz CT molecular complexity index is 913. The Kier molecular flexibility index (Phi) is 8.78. The number of sulfonamides is 1. The minimum atomic E-state index is -3.55. The molecule has 0 aliphatic carbocycles. The molecule has 1 aromatic carbocycles. The molecule has 2 rings (SSSR count). The summed E-state index contributed by atoms with van der Waals surface area (Å²) in [7, 11) is -1.91. The van der Waals surface area contributed by atoms with Crippen LogP contribution >= 0.6 is 22.9 Å². The lowest BCUT2D eigenvalue weighted by atomic mass is 10.2. The van der Waals surface area contributed by atoms with E-state index >= 15 is 0 Å². The summed E-state index contributed by atoms with van der Waals surface area (Å²) < 4.78 is 33.1. The lowest BCUT2D eigenvalue weighted by Crippen LogP contribution is -2.41. The van der Waals surface area contributed by atoms with Crippen LogP contribution in [0.3, 0.4) is 0 Å². The highest BCUT2D eigenvalue weighted by Gasteiger charge is 2.15. The fourth-order valence-corrected chi connectivity index (χ4v) is 4.78. The minimum Gasteiger partial charge on any atom is -0.489 e. The van der Waals surface area contributed by atoms with Crippen molar-refractivity contribution < 1.29 is 13.2 Å². The van der Waals surface area contributed by atoms with E-state index in [0.29, 0.717) is 30.0 Å². The fraction of sp³-hybridized carbons (Fsp3) is 0.278. The molecule has 0 bridgehead atoms. The zero-order valence-electron chi connectivity index (χ0n) is 15.4. The largest absolute Gasteiger partial charge is 0.489 e. The van der Waals surface area contributed by atoms with Crippen LogP contribution in [0, 0.1) is 0 Å². The van der Waals surface area contributed by atoms with Crippen LogP contribution in [0.4, 0.5) is 0 Å². The number of ether oxygens (including phenoxy) is 1. The van der Waals surface area contributed by atoms with Gasteiger partial charge in [0.2, 0.25) is 10.0 Å². The summed E-state index contributed by atoms with van der Waals surface area (Å²) in [5, 5.41) is 6.24. The number of halogens is 1. The topological polar surface area (TPSA) is 91.8 Å². The van der Waals surface area contributed by atoms with Crippen LogP contribution in [0.25, 0.3) is 0 Å². The van der Waals surface area contributed by atoms with Gasteiger partial charge in [0, 0.05) is 32.2 Å². The molecule has 0 aliphatic rings. The van der Waals surface area contributed by atoms with Gasteiger partial charge in [-0.25, -0.2) is 13.1 Å². The highest BCUT2D eigenvalue weighted by molar-refractivity contribution is 7.91. The standard InChI is InChI=1S/C18H23ClN4O3S2/c1-3-12-26-15-7-5-4-6-14(15)13-22-18(20-2)21-10-11-23-28(24,25)17-9-8-16(19)27-17/h3-9,23H,1,10-13H2,2H3,(H2,20,21,22). The van der Waals surface area contributed by atoms with Gasteiger partial charge in [-0.1, -0.05) is 42.5 Å². The summed E-state index contributed by atoms with van der Waals surface area (Å²) in [5.41, 5.74) is 0.975. The van der Waals surface area contributed by atoms with Gasteiger partial charge in [-0.05, 0) is 18.2 Å². The molecule has 0 aliphatic heterocycles. The lowest BCUT2D eigenvalue weighted by Gasteiger charge is -2.14.